The van der Waals surface area contributed by atoms with Gasteiger partial charge in [0.2, 0.25) is 0 Å². The van der Waals surface area contributed by atoms with Crippen LogP contribution in [-0.4, -0.2) is 5.75 Å². The molecule has 0 aliphatic heterocycles. The Bertz CT molecular complexity index is 300. The van der Waals surface area contributed by atoms with Crippen LogP contribution < -0.4 is 0 Å². The van der Waals surface area contributed by atoms with Crippen LogP contribution in [0.25, 0.3) is 0 Å². The van der Waals surface area contributed by atoms with Gasteiger partial charge in [-0.15, -0.1) is 0 Å². The molecule has 0 saturated carbocycles. The average molecular weight is 190 g/mol. The van der Waals surface area contributed by atoms with Crippen LogP contribution in [0.1, 0.15) is 24.5 Å². The molecule has 0 aliphatic rings. The lowest BCUT2D eigenvalue weighted by Gasteiger charge is -1.97. The van der Waals surface area contributed by atoms with Crippen LogP contribution in [0, 0.1) is 11.8 Å². The Morgan fingerprint density at radius 3 is 2.46 bits per heavy atom. The van der Waals surface area contributed by atoms with Gasteiger partial charge < -0.3 is 0 Å². The molecule has 1 aromatic rings. The van der Waals surface area contributed by atoms with Crippen molar-refractivity contribution >= 4 is 12.6 Å². The van der Waals surface area contributed by atoms with Gasteiger partial charge >= 0.3 is 0 Å². The van der Waals surface area contributed by atoms with E-state index in [9.17, 15) is 0 Å². The normalized spacial score (nSPS) is 9.08. The Hall–Kier alpha value is -0.870. The largest absolute Gasteiger partial charge is 0.166 e. The van der Waals surface area contributed by atoms with Gasteiger partial charge in [0.15, 0.2) is 0 Å². The van der Waals surface area contributed by atoms with Crippen molar-refractivity contribution in [1.82, 2.24) is 0 Å². The SMILES string of the molecule is CCCc1ccc(C#CCS)cc1. The monoisotopic (exact) mass is 190 g/mol. The molecule has 0 amide bonds. The zero-order valence-corrected chi connectivity index (χ0v) is 8.77. The Labute approximate surface area is 85.8 Å². The van der Waals surface area contributed by atoms with Gasteiger partial charge in [-0.1, -0.05) is 37.3 Å². The Kier molecular flexibility index (Phi) is 4.49. The maximum Gasteiger partial charge on any atom is 0.0521 e. The van der Waals surface area contributed by atoms with Gasteiger partial charge in [0, 0.05) is 5.56 Å². The van der Waals surface area contributed by atoms with Crippen molar-refractivity contribution in [2.24, 2.45) is 0 Å². The lowest BCUT2D eigenvalue weighted by atomic mass is 10.1. The maximum absolute atomic E-state index is 4.03. The average Bonchev–Trinajstić information content (AvgIpc) is 2.17. The van der Waals surface area contributed by atoms with Gasteiger partial charge in [-0.2, -0.15) is 12.6 Å². The molecule has 0 nitrogen and oxygen atoms in total. The van der Waals surface area contributed by atoms with Crippen molar-refractivity contribution in [3.05, 3.63) is 35.4 Å². The second-order valence-electron chi connectivity index (χ2n) is 2.91. The first-order valence-electron chi connectivity index (χ1n) is 4.55. The van der Waals surface area contributed by atoms with E-state index in [1.165, 1.54) is 12.0 Å². The van der Waals surface area contributed by atoms with Crippen LogP contribution >= 0.6 is 12.6 Å². The van der Waals surface area contributed by atoms with Crippen LogP contribution in [0.3, 0.4) is 0 Å². The first-order chi connectivity index (χ1) is 6.36. The highest BCUT2D eigenvalue weighted by molar-refractivity contribution is 7.80. The molecule has 13 heavy (non-hydrogen) atoms. The van der Waals surface area contributed by atoms with E-state index in [1.807, 2.05) is 0 Å². The Morgan fingerprint density at radius 2 is 1.92 bits per heavy atom. The summed E-state index contributed by atoms with van der Waals surface area (Å²) in [4.78, 5) is 0. The van der Waals surface area contributed by atoms with Crippen molar-refractivity contribution in [3.8, 4) is 11.8 Å². The highest BCUT2D eigenvalue weighted by Crippen LogP contribution is 2.05. The van der Waals surface area contributed by atoms with Gasteiger partial charge in [-0.25, -0.2) is 0 Å². The van der Waals surface area contributed by atoms with E-state index >= 15 is 0 Å². The molecular weight excluding hydrogens is 176 g/mol. The molecule has 1 rings (SSSR count). The van der Waals surface area contributed by atoms with Crippen molar-refractivity contribution in [1.29, 1.82) is 0 Å². The van der Waals surface area contributed by atoms with Crippen molar-refractivity contribution < 1.29 is 0 Å². The van der Waals surface area contributed by atoms with E-state index in [-0.39, 0.29) is 0 Å². The molecule has 0 aromatic heterocycles. The molecule has 0 fully saturated rings. The van der Waals surface area contributed by atoms with Crippen molar-refractivity contribution in [2.75, 3.05) is 5.75 Å². The summed E-state index contributed by atoms with van der Waals surface area (Å²) in [5.41, 5.74) is 2.47. The summed E-state index contributed by atoms with van der Waals surface area (Å²) in [6.07, 6.45) is 2.35. The van der Waals surface area contributed by atoms with Crippen LogP contribution in [0.15, 0.2) is 24.3 Å². The first-order valence-corrected chi connectivity index (χ1v) is 5.18. The fourth-order valence-corrected chi connectivity index (χ4v) is 1.26. The van der Waals surface area contributed by atoms with Crippen LogP contribution in [0.4, 0.5) is 0 Å². The third kappa shape index (κ3) is 3.57. The van der Waals surface area contributed by atoms with E-state index in [2.05, 4.69) is 55.7 Å². The van der Waals surface area contributed by atoms with Crippen molar-refractivity contribution in [3.63, 3.8) is 0 Å². The van der Waals surface area contributed by atoms with Crippen LogP contribution in [-0.2, 0) is 6.42 Å². The summed E-state index contributed by atoms with van der Waals surface area (Å²) in [7, 11) is 0. The molecule has 0 atom stereocenters. The summed E-state index contributed by atoms with van der Waals surface area (Å²) in [5, 5.41) is 0. The van der Waals surface area contributed by atoms with Gasteiger partial charge in [0.05, 0.1) is 5.75 Å². The van der Waals surface area contributed by atoms with Gasteiger partial charge in [-0.3, -0.25) is 0 Å². The van der Waals surface area contributed by atoms with Gasteiger partial charge in [0.25, 0.3) is 0 Å². The third-order valence-corrected chi connectivity index (χ3v) is 1.96. The summed E-state index contributed by atoms with van der Waals surface area (Å²) < 4.78 is 0. The molecule has 0 radical (unpaired) electrons. The quantitative estimate of drug-likeness (QED) is 0.538. The fraction of sp³-hybridized carbons (Fsp3) is 0.333. The second kappa shape index (κ2) is 5.72. The van der Waals surface area contributed by atoms with E-state index in [4.69, 9.17) is 0 Å². The number of rotatable bonds is 2. The topological polar surface area (TPSA) is 0 Å². The summed E-state index contributed by atoms with van der Waals surface area (Å²) >= 11 is 4.03. The smallest absolute Gasteiger partial charge is 0.0521 e. The predicted molar refractivity (Wildman–Crippen MR) is 61.2 cm³/mol. The van der Waals surface area contributed by atoms with Gasteiger partial charge in [0.1, 0.15) is 0 Å². The number of benzene rings is 1. The summed E-state index contributed by atoms with van der Waals surface area (Å²) in [6, 6.07) is 8.43. The molecule has 0 saturated heterocycles. The molecule has 0 aliphatic carbocycles. The minimum atomic E-state index is 0.622. The second-order valence-corrected chi connectivity index (χ2v) is 3.22. The molecule has 68 valence electrons. The Balaban J connectivity index is 2.69. The molecule has 0 unspecified atom stereocenters. The molecule has 0 N–H and O–H groups in total. The van der Waals surface area contributed by atoms with E-state index in [1.54, 1.807) is 0 Å². The zero-order valence-electron chi connectivity index (χ0n) is 7.88. The lowest BCUT2D eigenvalue weighted by Crippen LogP contribution is -1.82. The fourth-order valence-electron chi connectivity index (χ4n) is 1.19. The molecule has 0 bridgehead atoms. The number of hydrogen-bond donors (Lipinski definition) is 1. The molecule has 1 heteroatoms. The molecule has 0 spiro atoms. The standard InChI is InChI=1S/C12H14S/c1-2-4-11-6-8-12(9-7-11)5-3-10-13/h6-9,13H,2,4,10H2,1H3. The minimum Gasteiger partial charge on any atom is -0.166 e. The maximum atomic E-state index is 4.03. The third-order valence-electron chi connectivity index (χ3n) is 1.80. The van der Waals surface area contributed by atoms with Crippen LogP contribution in [0.5, 0.6) is 0 Å². The van der Waals surface area contributed by atoms with E-state index < -0.39 is 0 Å². The zero-order chi connectivity index (χ0) is 9.52. The highest BCUT2D eigenvalue weighted by Gasteiger charge is 1.90. The highest BCUT2D eigenvalue weighted by atomic mass is 32.1. The van der Waals surface area contributed by atoms with E-state index in [0.29, 0.717) is 5.75 Å². The number of thiol groups is 1. The number of hydrogen-bond acceptors (Lipinski definition) is 1. The van der Waals surface area contributed by atoms with Crippen LogP contribution in [0.2, 0.25) is 0 Å². The summed E-state index contributed by atoms with van der Waals surface area (Å²) in [5.74, 6) is 6.59. The minimum absolute atomic E-state index is 0.622. The molecule has 0 heterocycles. The summed E-state index contributed by atoms with van der Waals surface area (Å²) in [6.45, 7) is 2.19. The number of aryl methyl sites for hydroxylation is 1. The lowest BCUT2D eigenvalue weighted by molar-refractivity contribution is 0.922. The van der Waals surface area contributed by atoms with E-state index in [0.717, 1.165) is 12.0 Å². The van der Waals surface area contributed by atoms with Gasteiger partial charge in [-0.05, 0) is 24.1 Å². The molecule has 1 aromatic carbocycles. The Morgan fingerprint density at radius 1 is 1.23 bits per heavy atom. The first kappa shape index (κ1) is 10.2. The predicted octanol–water partition coefficient (Wildman–Crippen LogP) is 2.92. The van der Waals surface area contributed by atoms with Crippen molar-refractivity contribution in [2.45, 2.75) is 19.8 Å². The molecular formula is C12H14S.